The maximum absolute atomic E-state index is 13.2. The summed E-state index contributed by atoms with van der Waals surface area (Å²) in [6.45, 7) is 1.10. The van der Waals surface area contributed by atoms with Crippen molar-refractivity contribution in [2.75, 3.05) is 13.1 Å². The predicted octanol–water partition coefficient (Wildman–Crippen LogP) is 3.49. The number of amidine groups is 1. The predicted molar refractivity (Wildman–Crippen MR) is 108 cm³/mol. The van der Waals surface area contributed by atoms with E-state index in [1.54, 1.807) is 30.3 Å². The van der Waals surface area contributed by atoms with Crippen molar-refractivity contribution in [2.24, 2.45) is 10.3 Å². The average molecular weight is 481 g/mol. The summed E-state index contributed by atoms with van der Waals surface area (Å²) < 4.78 is 47.5. The molecule has 0 radical (unpaired) electrons. The van der Waals surface area contributed by atoms with Gasteiger partial charge in [-0.05, 0) is 37.1 Å². The van der Waals surface area contributed by atoms with Gasteiger partial charge in [-0.25, -0.2) is 4.39 Å². The fraction of sp³-hybridized carbons (Fsp3) is 0.300. The number of carbonyl (C=O) groups is 1. The van der Waals surface area contributed by atoms with Crippen LogP contribution in [0.4, 0.5) is 4.39 Å². The number of ether oxygens (including phenoxy) is 1. The highest BCUT2D eigenvalue weighted by Crippen LogP contribution is 2.30. The topological polar surface area (TPSA) is 76.0 Å². The van der Waals surface area contributed by atoms with Crippen molar-refractivity contribution in [1.29, 1.82) is 0 Å². The molecule has 9 heteroatoms. The maximum Gasteiger partial charge on any atom is 0.309 e. The van der Waals surface area contributed by atoms with E-state index in [0.717, 1.165) is 0 Å². The number of likely N-dealkylation sites (tertiary alicyclic amines) is 1. The SMILES string of the molecule is O=C(OCc1ccc(F)cc1Br)C1CCN(C2=NS(=O)(=O)c3ccccc32)CC1. The van der Waals surface area contributed by atoms with Crippen LogP contribution in [0.5, 0.6) is 0 Å². The Morgan fingerprint density at radius 1 is 1.21 bits per heavy atom. The van der Waals surface area contributed by atoms with Gasteiger partial charge in [0, 0.05) is 28.7 Å². The number of hydrogen-bond donors (Lipinski definition) is 0. The van der Waals surface area contributed by atoms with Crippen LogP contribution in [-0.4, -0.2) is 38.2 Å². The summed E-state index contributed by atoms with van der Waals surface area (Å²) in [5.74, 6) is -0.484. The van der Waals surface area contributed by atoms with Crippen LogP contribution in [0.1, 0.15) is 24.0 Å². The van der Waals surface area contributed by atoms with Crippen LogP contribution in [0, 0.1) is 11.7 Å². The van der Waals surface area contributed by atoms with E-state index in [-0.39, 0.29) is 29.2 Å². The summed E-state index contributed by atoms with van der Waals surface area (Å²) in [6.07, 6.45) is 1.09. The zero-order valence-corrected chi connectivity index (χ0v) is 17.7. The number of fused-ring (bicyclic) bond motifs is 1. The standard InChI is InChI=1S/C20H18BrFN2O4S/c21-17-11-15(22)6-5-14(17)12-28-20(25)13-7-9-24(10-8-13)19-16-3-1-2-4-18(16)29(26,27)23-19/h1-6,11,13H,7-10,12H2. The Morgan fingerprint density at radius 2 is 1.93 bits per heavy atom. The normalized spacial score (nSPS) is 18.3. The van der Waals surface area contributed by atoms with Gasteiger partial charge in [0.25, 0.3) is 10.0 Å². The number of hydrogen-bond acceptors (Lipinski definition) is 5. The van der Waals surface area contributed by atoms with Crippen LogP contribution in [0.15, 0.2) is 56.2 Å². The van der Waals surface area contributed by atoms with Gasteiger partial charge in [0.15, 0.2) is 5.84 Å². The second kappa shape index (κ2) is 7.87. The van der Waals surface area contributed by atoms with E-state index in [4.69, 9.17) is 4.74 Å². The molecule has 2 aromatic carbocycles. The monoisotopic (exact) mass is 480 g/mol. The van der Waals surface area contributed by atoms with Gasteiger partial charge in [-0.2, -0.15) is 8.42 Å². The Balaban J connectivity index is 1.37. The first-order valence-electron chi connectivity index (χ1n) is 9.15. The number of carbonyl (C=O) groups excluding carboxylic acids is 1. The van der Waals surface area contributed by atoms with Crippen LogP contribution >= 0.6 is 15.9 Å². The Hall–Kier alpha value is -2.26. The van der Waals surface area contributed by atoms with Gasteiger partial charge in [-0.3, -0.25) is 4.79 Å². The van der Waals surface area contributed by atoms with Gasteiger partial charge in [-0.15, -0.1) is 4.40 Å². The molecule has 2 heterocycles. The van der Waals surface area contributed by atoms with Gasteiger partial charge >= 0.3 is 5.97 Å². The van der Waals surface area contributed by atoms with Crippen LogP contribution < -0.4 is 0 Å². The van der Waals surface area contributed by atoms with Crippen LogP contribution in [-0.2, 0) is 26.2 Å². The number of nitrogens with zero attached hydrogens (tertiary/aromatic N) is 2. The summed E-state index contributed by atoms with van der Waals surface area (Å²) in [5, 5.41) is 0. The third-order valence-corrected chi connectivity index (χ3v) is 7.19. The molecule has 1 fully saturated rings. The molecule has 0 unspecified atom stereocenters. The molecule has 2 aliphatic rings. The molecule has 4 rings (SSSR count). The van der Waals surface area contributed by atoms with Gasteiger partial charge in [0.05, 0.1) is 5.92 Å². The Kier molecular flexibility index (Phi) is 5.44. The summed E-state index contributed by atoms with van der Waals surface area (Å²) in [7, 11) is -3.66. The number of halogens is 2. The molecule has 29 heavy (non-hydrogen) atoms. The largest absolute Gasteiger partial charge is 0.461 e. The second-order valence-corrected chi connectivity index (χ2v) is 9.42. The lowest BCUT2D eigenvalue weighted by molar-refractivity contribution is -0.151. The minimum absolute atomic E-state index is 0.0677. The molecule has 6 nitrogen and oxygen atoms in total. The number of piperidine rings is 1. The highest BCUT2D eigenvalue weighted by atomic mass is 79.9. The molecule has 0 atom stereocenters. The Labute approximate surface area is 176 Å². The lowest BCUT2D eigenvalue weighted by Crippen LogP contribution is -2.40. The Bertz CT molecular complexity index is 1100. The number of sulfonamides is 1. The maximum atomic E-state index is 13.2. The van der Waals surface area contributed by atoms with Gasteiger partial charge in [-0.1, -0.05) is 34.1 Å². The fourth-order valence-corrected chi connectivity index (χ4v) is 5.24. The van der Waals surface area contributed by atoms with E-state index in [2.05, 4.69) is 20.3 Å². The van der Waals surface area contributed by atoms with Crippen molar-refractivity contribution >= 4 is 37.8 Å². The first-order chi connectivity index (χ1) is 13.8. The quantitative estimate of drug-likeness (QED) is 0.628. The highest BCUT2D eigenvalue weighted by molar-refractivity contribution is 9.10. The lowest BCUT2D eigenvalue weighted by atomic mass is 9.96. The van der Waals surface area contributed by atoms with E-state index in [0.29, 0.717) is 47.4 Å². The summed E-state index contributed by atoms with van der Waals surface area (Å²) in [5.41, 5.74) is 1.30. The lowest BCUT2D eigenvalue weighted by Gasteiger charge is -2.32. The summed E-state index contributed by atoms with van der Waals surface area (Å²) in [6, 6.07) is 11.0. The van der Waals surface area contributed by atoms with E-state index in [1.807, 2.05) is 4.90 Å². The van der Waals surface area contributed by atoms with Crippen LogP contribution in [0.2, 0.25) is 0 Å². The third kappa shape index (κ3) is 4.06. The molecular formula is C20H18BrFN2O4S. The molecule has 0 amide bonds. The summed E-state index contributed by atoms with van der Waals surface area (Å²) in [4.78, 5) is 14.6. The minimum atomic E-state index is -3.66. The van der Waals surface area contributed by atoms with E-state index in [1.165, 1.54) is 12.1 Å². The second-order valence-electron chi connectivity index (χ2n) is 6.99. The molecule has 0 aromatic heterocycles. The molecule has 0 bridgehead atoms. The number of rotatable bonds is 3. The molecule has 0 aliphatic carbocycles. The zero-order valence-electron chi connectivity index (χ0n) is 15.3. The molecule has 0 saturated carbocycles. The van der Waals surface area contributed by atoms with Crippen molar-refractivity contribution in [1.82, 2.24) is 4.90 Å². The van der Waals surface area contributed by atoms with Crippen molar-refractivity contribution < 1.29 is 22.3 Å². The van der Waals surface area contributed by atoms with Crippen molar-refractivity contribution in [2.45, 2.75) is 24.3 Å². The third-order valence-electron chi connectivity index (χ3n) is 5.13. The molecule has 0 N–H and O–H groups in total. The van der Waals surface area contributed by atoms with E-state index >= 15 is 0 Å². The first-order valence-corrected chi connectivity index (χ1v) is 11.4. The minimum Gasteiger partial charge on any atom is -0.461 e. The van der Waals surface area contributed by atoms with Crippen LogP contribution in [0.25, 0.3) is 0 Å². The van der Waals surface area contributed by atoms with Crippen molar-refractivity contribution in [3.05, 3.63) is 63.9 Å². The molecular weight excluding hydrogens is 463 g/mol. The Morgan fingerprint density at radius 3 is 2.66 bits per heavy atom. The van der Waals surface area contributed by atoms with Gasteiger partial charge < -0.3 is 9.64 Å². The van der Waals surface area contributed by atoms with E-state index < -0.39 is 10.0 Å². The molecule has 1 saturated heterocycles. The zero-order chi connectivity index (χ0) is 20.6. The number of benzene rings is 2. The van der Waals surface area contributed by atoms with Crippen LogP contribution in [0.3, 0.4) is 0 Å². The fourth-order valence-electron chi connectivity index (χ4n) is 3.55. The molecule has 152 valence electrons. The summed E-state index contributed by atoms with van der Waals surface area (Å²) >= 11 is 3.26. The van der Waals surface area contributed by atoms with Gasteiger partial charge in [0.1, 0.15) is 17.3 Å². The molecule has 2 aliphatic heterocycles. The number of esters is 1. The highest BCUT2D eigenvalue weighted by Gasteiger charge is 2.34. The van der Waals surface area contributed by atoms with Crippen molar-refractivity contribution in [3.63, 3.8) is 0 Å². The van der Waals surface area contributed by atoms with Crippen molar-refractivity contribution in [3.8, 4) is 0 Å². The van der Waals surface area contributed by atoms with E-state index in [9.17, 15) is 17.6 Å². The average Bonchev–Trinajstić information content (AvgIpc) is 2.99. The van der Waals surface area contributed by atoms with Gasteiger partial charge in [0.2, 0.25) is 0 Å². The smallest absolute Gasteiger partial charge is 0.309 e. The molecule has 2 aromatic rings. The molecule has 0 spiro atoms. The first kappa shape index (κ1) is 20.0.